The van der Waals surface area contributed by atoms with Gasteiger partial charge in [-0.1, -0.05) is 13.0 Å². The van der Waals surface area contributed by atoms with Crippen LogP contribution < -0.4 is 10.6 Å². The summed E-state index contributed by atoms with van der Waals surface area (Å²) in [6.07, 6.45) is 0.733. The van der Waals surface area contributed by atoms with E-state index in [2.05, 4.69) is 10.6 Å². The number of thiophene rings is 1. The molecular formula is C18H24ClN3O3S2. The van der Waals surface area contributed by atoms with Crippen molar-refractivity contribution >= 4 is 39.7 Å². The Hall–Kier alpha value is -1.45. The summed E-state index contributed by atoms with van der Waals surface area (Å²) in [5.41, 5.74) is 1.43. The van der Waals surface area contributed by atoms with Crippen LogP contribution in [-0.4, -0.2) is 44.8 Å². The lowest BCUT2D eigenvalue weighted by molar-refractivity contribution is 0.0953. The number of carbonyl (C=O) groups excluding carboxylic acids is 1. The lowest BCUT2D eigenvalue weighted by Gasteiger charge is -2.26. The summed E-state index contributed by atoms with van der Waals surface area (Å²) in [6.45, 7) is 4.87. The van der Waals surface area contributed by atoms with Gasteiger partial charge in [-0.25, -0.2) is 8.42 Å². The minimum Gasteiger partial charge on any atom is -0.351 e. The molecule has 27 heavy (non-hydrogen) atoms. The molecule has 0 aliphatic carbocycles. The second kappa shape index (κ2) is 9.66. The molecule has 2 aromatic rings. The molecule has 0 bridgehead atoms. The minimum absolute atomic E-state index is 0. The Balaban J connectivity index is 0.00000261. The molecule has 1 aliphatic rings. The van der Waals surface area contributed by atoms with Gasteiger partial charge in [-0.05, 0) is 48.2 Å². The third kappa shape index (κ3) is 5.08. The van der Waals surface area contributed by atoms with E-state index in [4.69, 9.17) is 0 Å². The zero-order valence-electron chi connectivity index (χ0n) is 15.1. The van der Waals surface area contributed by atoms with Gasteiger partial charge in [-0.15, -0.1) is 23.7 Å². The van der Waals surface area contributed by atoms with Crippen LogP contribution in [0.15, 0.2) is 40.6 Å². The Labute approximate surface area is 170 Å². The minimum atomic E-state index is -3.62. The van der Waals surface area contributed by atoms with Crippen LogP contribution in [-0.2, 0) is 23.0 Å². The summed E-state index contributed by atoms with van der Waals surface area (Å²) in [5, 5.41) is 7.92. The number of rotatable bonds is 7. The molecule has 1 aromatic heterocycles. The van der Waals surface area contributed by atoms with E-state index in [0.29, 0.717) is 31.7 Å². The molecule has 148 valence electrons. The topological polar surface area (TPSA) is 78.5 Å². The molecule has 0 radical (unpaired) electrons. The maximum atomic E-state index is 13.0. The maximum Gasteiger partial charge on any atom is 0.251 e. The Kier molecular flexibility index (Phi) is 7.81. The van der Waals surface area contributed by atoms with Crippen molar-refractivity contribution in [2.45, 2.75) is 24.8 Å². The van der Waals surface area contributed by atoms with Gasteiger partial charge >= 0.3 is 0 Å². The second-order valence-corrected chi connectivity index (χ2v) is 9.03. The summed E-state index contributed by atoms with van der Waals surface area (Å²) in [6, 6.07) is 8.24. The van der Waals surface area contributed by atoms with Gasteiger partial charge in [0.2, 0.25) is 10.0 Å². The number of amides is 1. The van der Waals surface area contributed by atoms with Crippen LogP contribution in [0.4, 0.5) is 0 Å². The summed E-state index contributed by atoms with van der Waals surface area (Å²) in [5.74, 6) is -0.265. The lowest BCUT2D eigenvalue weighted by atomic mass is 10.1. The van der Waals surface area contributed by atoms with Crippen LogP contribution in [0.3, 0.4) is 0 Å². The molecule has 0 atom stereocenters. The Morgan fingerprint density at radius 2 is 2.07 bits per heavy atom. The number of likely N-dealkylation sites (N-methyl/N-ethyl adjacent to an activating group) is 1. The first-order chi connectivity index (χ1) is 12.5. The zero-order valence-corrected chi connectivity index (χ0v) is 17.6. The predicted octanol–water partition coefficient (Wildman–Crippen LogP) is 2.26. The molecule has 1 amide bonds. The fourth-order valence-corrected chi connectivity index (χ4v) is 5.27. The van der Waals surface area contributed by atoms with Crippen LogP contribution >= 0.6 is 23.7 Å². The highest BCUT2D eigenvalue weighted by Gasteiger charge is 2.29. The van der Waals surface area contributed by atoms with E-state index >= 15 is 0 Å². The molecule has 2 heterocycles. The first-order valence-electron chi connectivity index (χ1n) is 8.66. The van der Waals surface area contributed by atoms with E-state index < -0.39 is 10.0 Å². The zero-order chi connectivity index (χ0) is 18.6. The number of benzene rings is 1. The van der Waals surface area contributed by atoms with E-state index in [1.165, 1.54) is 15.2 Å². The van der Waals surface area contributed by atoms with Crippen molar-refractivity contribution in [1.82, 2.24) is 14.9 Å². The van der Waals surface area contributed by atoms with Crippen LogP contribution in [0.25, 0.3) is 0 Å². The monoisotopic (exact) mass is 429 g/mol. The van der Waals surface area contributed by atoms with E-state index in [0.717, 1.165) is 18.5 Å². The third-order valence-electron chi connectivity index (χ3n) is 4.34. The molecule has 2 N–H and O–H groups in total. The van der Waals surface area contributed by atoms with Gasteiger partial charge in [0.1, 0.15) is 0 Å². The summed E-state index contributed by atoms with van der Waals surface area (Å²) in [7, 11) is -3.62. The fourth-order valence-electron chi connectivity index (χ4n) is 2.92. The van der Waals surface area contributed by atoms with E-state index in [1.54, 1.807) is 29.5 Å². The van der Waals surface area contributed by atoms with Gasteiger partial charge < -0.3 is 10.6 Å². The molecule has 6 nitrogen and oxygen atoms in total. The van der Waals surface area contributed by atoms with Crippen LogP contribution in [0.2, 0.25) is 0 Å². The van der Waals surface area contributed by atoms with Gasteiger partial charge in [-0.3, -0.25) is 4.79 Å². The SMILES string of the molecule is CCNCCNC(=O)c1cccc(S(=O)(=O)N2CCc3sccc3C2)c1.Cl. The number of nitrogens with one attached hydrogen (secondary N) is 2. The Morgan fingerprint density at radius 3 is 2.85 bits per heavy atom. The fraction of sp³-hybridized carbons (Fsp3) is 0.389. The first-order valence-corrected chi connectivity index (χ1v) is 11.0. The van der Waals surface area contributed by atoms with E-state index in [1.807, 2.05) is 18.4 Å². The smallest absolute Gasteiger partial charge is 0.251 e. The van der Waals surface area contributed by atoms with Gasteiger partial charge in [0.05, 0.1) is 4.90 Å². The third-order valence-corrected chi connectivity index (χ3v) is 7.21. The van der Waals surface area contributed by atoms with Crippen molar-refractivity contribution in [3.05, 3.63) is 51.7 Å². The van der Waals surface area contributed by atoms with Crippen LogP contribution in [0, 0.1) is 0 Å². The van der Waals surface area contributed by atoms with Crippen LogP contribution in [0.1, 0.15) is 27.7 Å². The van der Waals surface area contributed by atoms with Gasteiger partial charge in [0.25, 0.3) is 5.91 Å². The largest absolute Gasteiger partial charge is 0.351 e. The standard InChI is InChI=1S/C18H23N3O3S2.ClH/c1-2-19-8-9-20-18(22)14-4-3-5-16(12-14)26(23,24)21-10-6-17-15(13-21)7-11-25-17;/h3-5,7,11-12,19H,2,6,8-10,13H2,1H3,(H,20,22);1H. The predicted molar refractivity (Wildman–Crippen MR) is 110 cm³/mol. The molecule has 1 aromatic carbocycles. The number of hydrogen-bond donors (Lipinski definition) is 2. The Morgan fingerprint density at radius 1 is 1.26 bits per heavy atom. The highest BCUT2D eigenvalue weighted by Crippen LogP contribution is 2.28. The number of nitrogens with zero attached hydrogens (tertiary/aromatic N) is 1. The maximum absolute atomic E-state index is 13.0. The summed E-state index contributed by atoms with van der Waals surface area (Å²) < 4.78 is 27.5. The lowest BCUT2D eigenvalue weighted by Crippen LogP contribution is -2.35. The second-order valence-electron chi connectivity index (χ2n) is 6.09. The normalized spacial score (nSPS) is 14.3. The number of hydrogen-bond acceptors (Lipinski definition) is 5. The summed E-state index contributed by atoms with van der Waals surface area (Å²) >= 11 is 1.67. The molecule has 0 spiro atoms. The van der Waals surface area contributed by atoms with Crippen molar-refractivity contribution < 1.29 is 13.2 Å². The highest BCUT2D eigenvalue weighted by atomic mass is 35.5. The average Bonchev–Trinajstić information content (AvgIpc) is 3.13. The quantitative estimate of drug-likeness (QED) is 0.662. The Bertz CT molecular complexity index is 883. The molecule has 0 unspecified atom stereocenters. The molecule has 1 aliphatic heterocycles. The number of halogens is 1. The van der Waals surface area contributed by atoms with Crippen molar-refractivity contribution in [3.63, 3.8) is 0 Å². The molecule has 3 rings (SSSR count). The van der Waals surface area contributed by atoms with Crippen molar-refractivity contribution in [1.29, 1.82) is 0 Å². The molecule has 0 saturated carbocycles. The first kappa shape index (κ1) is 21.8. The molecule has 0 saturated heterocycles. The highest BCUT2D eigenvalue weighted by molar-refractivity contribution is 7.89. The van der Waals surface area contributed by atoms with Crippen LogP contribution in [0.5, 0.6) is 0 Å². The number of sulfonamides is 1. The van der Waals surface area contributed by atoms with Crippen molar-refractivity contribution in [3.8, 4) is 0 Å². The molecular weight excluding hydrogens is 406 g/mol. The van der Waals surface area contributed by atoms with Gasteiger partial charge in [-0.2, -0.15) is 4.31 Å². The van der Waals surface area contributed by atoms with Crippen molar-refractivity contribution in [2.75, 3.05) is 26.2 Å². The van der Waals surface area contributed by atoms with Crippen molar-refractivity contribution in [2.24, 2.45) is 0 Å². The van der Waals surface area contributed by atoms with Gasteiger partial charge in [0, 0.05) is 36.6 Å². The number of fused-ring (bicyclic) bond motifs is 1. The number of carbonyl (C=O) groups is 1. The summed E-state index contributed by atoms with van der Waals surface area (Å²) in [4.78, 5) is 13.7. The molecule has 0 fully saturated rings. The average molecular weight is 430 g/mol. The van der Waals surface area contributed by atoms with E-state index in [-0.39, 0.29) is 23.2 Å². The molecule has 9 heteroatoms. The van der Waals surface area contributed by atoms with E-state index in [9.17, 15) is 13.2 Å². The van der Waals surface area contributed by atoms with Gasteiger partial charge in [0.15, 0.2) is 0 Å².